The molecule has 2 aromatic rings. The third kappa shape index (κ3) is 2.19. The third-order valence-corrected chi connectivity index (χ3v) is 2.30. The first-order valence-electron chi connectivity index (χ1n) is 4.43. The van der Waals surface area contributed by atoms with Crippen molar-refractivity contribution in [2.24, 2.45) is 0 Å². The summed E-state index contributed by atoms with van der Waals surface area (Å²) in [5.41, 5.74) is 1.62. The van der Waals surface area contributed by atoms with Crippen molar-refractivity contribution in [3.63, 3.8) is 0 Å². The van der Waals surface area contributed by atoms with Gasteiger partial charge in [0.1, 0.15) is 5.75 Å². The molecule has 0 aliphatic rings. The second kappa shape index (κ2) is 3.78. The van der Waals surface area contributed by atoms with Gasteiger partial charge in [-0.2, -0.15) is 0 Å². The lowest BCUT2D eigenvalue weighted by atomic mass is 10.1. The summed E-state index contributed by atoms with van der Waals surface area (Å²) in [6.07, 6.45) is 0.541. The molecule has 1 aromatic heterocycles. The van der Waals surface area contributed by atoms with Crippen LogP contribution in [-0.2, 0) is 6.42 Å². The zero-order valence-corrected chi connectivity index (χ0v) is 8.64. The van der Waals surface area contributed by atoms with E-state index in [1.165, 1.54) is 0 Å². The van der Waals surface area contributed by atoms with Gasteiger partial charge < -0.3 is 20.2 Å². The maximum absolute atomic E-state index is 9.44. The molecule has 0 saturated carbocycles. The highest BCUT2D eigenvalue weighted by molar-refractivity contribution is 7.71. The summed E-state index contributed by atoms with van der Waals surface area (Å²) in [4.78, 5) is 5.46. The van der Waals surface area contributed by atoms with Gasteiger partial charge in [-0.25, -0.2) is 0 Å². The monoisotopic (exact) mass is 222 g/mol. The fourth-order valence-electron chi connectivity index (χ4n) is 1.36. The topological polar surface area (TPSA) is 72.0 Å². The van der Waals surface area contributed by atoms with Crippen LogP contribution in [0.15, 0.2) is 24.3 Å². The average molecular weight is 222 g/mol. The number of nitrogens with one attached hydrogen (secondary N) is 2. The van der Waals surface area contributed by atoms with Gasteiger partial charge >= 0.3 is 0 Å². The summed E-state index contributed by atoms with van der Waals surface area (Å²) in [5, 5.41) is 18.5. The number of aromatic amines is 2. The molecule has 0 spiro atoms. The number of imidazole rings is 1. The Labute approximate surface area is 91.2 Å². The minimum absolute atomic E-state index is 0.0630. The van der Waals surface area contributed by atoms with Crippen LogP contribution in [0.5, 0.6) is 11.6 Å². The molecule has 1 heterocycles. The van der Waals surface area contributed by atoms with Gasteiger partial charge in [-0.15, -0.1) is 0 Å². The highest BCUT2D eigenvalue weighted by atomic mass is 32.1. The van der Waals surface area contributed by atoms with E-state index in [1.807, 2.05) is 0 Å². The third-order valence-electron chi connectivity index (χ3n) is 2.10. The Morgan fingerprint density at radius 2 is 1.73 bits per heavy atom. The molecule has 5 heteroatoms. The van der Waals surface area contributed by atoms with Gasteiger partial charge in [-0.1, -0.05) is 12.1 Å². The van der Waals surface area contributed by atoms with Crippen molar-refractivity contribution in [2.45, 2.75) is 6.42 Å². The Kier molecular flexibility index (Phi) is 2.47. The van der Waals surface area contributed by atoms with E-state index in [9.17, 15) is 5.11 Å². The SMILES string of the molecule is Oc1ccc(Cc2[nH]c(=S)[nH]c2O)cc1. The number of hydrogen-bond donors (Lipinski definition) is 4. The number of aromatic nitrogens is 2. The molecule has 15 heavy (non-hydrogen) atoms. The first-order valence-corrected chi connectivity index (χ1v) is 4.84. The molecule has 0 aliphatic carbocycles. The smallest absolute Gasteiger partial charge is 0.210 e. The minimum atomic E-state index is 0.0630. The van der Waals surface area contributed by atoms with E-state index in [-0.39, 0.29) is 11.6 Å². The lowest BCUT2D eigenvalue weighted by Crippen LogP contribution is -1.88. The zero-order valence-electron chi connectivity index (χ0n) is 7.82. The molecule has 78 valence electrons. The van der Waals surface area contributed by atoms with Crippen LogP contribution in [-0.4, -0.2) is 20.2 Å². The van der Waals surface area contributed by atoms with E-state index in [4.69, 9.17) is 17.3 Å². The van der Waals surface area contributed by atoms with Crippen molar-refractivity contribution in [2.75, 3.05) is 0 Å². The molecule has 1 aromatic carbocycles. The maximum Gasteiger partial charge on any atom is 0.210 e. The molecule has 0 fully saturated rings. The molecule has 0 radical (unpaired) electrons. The highest BCUT2D eigenvalue weighted by Gasteiger charge is 2.04. The average Bonchev–Trinajstić information content (AvgIpc) is 2.49. The van der Waals surface area contributed by atoms with Crippen molar-refractivity contribution in [1.82, 2.24) is 9.97 Å². The lowest BCUT2D eigenvalue weighted by Gasteiger charge is -1.99. The molecule has 0 unspecified atom stereocenters. The number of aromatic hydroxyl groups is 2. The van der Waals surface area contributed by atoms with Crippen LogP contribution in [0.3, 0.4) is 0 Å². The van der Waals surface area contributed by atoms with E-state index in [1.54, 1.807) is 24.3 Å². The van der Waals surface area contributed by atoms with Crippen LogP contribution < -0.4 is 0 Å². The van der Waals surface area contributed by atoms with Gasteiger partial charge in [-0.3, -0.25) is 0 Å². The van der Waals surface area contributed by atoms with Crippen LogP contribution in [0.2, 0.25) is 0 Å². The predicted octanol–water partition coefficient (Wildman–Crippen LogP) is 2.07. The van der Waals surface area contributed by atoms with Crippen molar-refractivity contribution in [3.05, 3.63) is 40.3 Å². The van der Waals surface area contributed by atoms with E-state index in [2.05, 4.69) is 9.97 Å². The molecule has 4 N–H and O–H groups in total. The Morgan fingerprint density at radius 1 is 1.07 bits per heavy atom. The number of phenolic OH excluding ortho intramolecular Hbond substituents is 1. The molecule has 2 rings (SSSR count). The number of benzene rings is 1. The number of hydrogen-bond acceptors (Lipinski definition) is 3. The normalized spacial score (nSPS) is 10.4. The Bertz CT molecular complexity index is 513. The zero-order chi connectivity index (χ0) is 10.8. The molecule has 4 nitrogen and oxygen atoms in total. The highest BCUT2D eigenvalue weighted by Crippen LogP contribution is 2.17. The molecular weight excluding hydrogens is 212 g/mol. The number of H-pyrrole nitrogens is 2. The van der Waals surface area contributed by atoms with Gasteiger partial charge in [0, 0.05) is 6.42 Å². The van der Waals surface area contributed by atoms with E-state index in [0.29, 0.717) is 16.9 Å². The Balaban J connectivity index is 2.25. The second-order valence-corrected chi connectivity index (χ2v) is 3.66. The quantitative estimate of drug-likeness (QED) is 0.588. The van der Waals surface area contributed by atoms with Crippen molar-refractivity contribution in [3.8, 4) is 11.6 Å². The molecule has 0 bridgehead atoms. The van der Waals surface area contributed by atoms with Crippen LogP contribution in [0.25, 0.3) is 0 Å². The summed E-state index contributed by atoms with van der Waals surface area (Å²) < 4.78 is 0.404. The van der Waals surface area contributed by atoms with E-state index >= 15 is 0 Å². The van der Waals surface area contributed by atoms with E-state index in [0.717, 1.165) is 5.56 Å². The summed E-state index contributed by atoms with van der Waals surface area (Å²) in [7, 11) is 0. The van der Waals surface area contributed by atoms with Crippen molar-refractivity contribution in [1.29, 1.82) is 0 Å². The van der Waals surface area contributed by atoms with Gasteiger partial charge in [0.15, 0.2) is 4.77 Å². The van der Waals surface area contributed by atoms with E-state index < -0.39 is 0 Å². The van der Waals surface area contributed by atoms with Crippen LogP contribution >= 0.6 is 12.2 Å². The fraction of sp³-hybridized carbons (Fsp3) is 0.100. The molecule has 0 aliphatic heterocycles. The van der Waals surface area contributed by atoms with Crippen molar-refractivity contribution >= 4 is 12.2 Å². The summed E-state index contributed by atoms with van der Waals surface area (Å²) in [6.45, 7) is 0. The fourth-order valence-corrected chi connectivity index (χ4v) is 1.58. The molecule has 0 atom stereocenters. The second-order valence-electron chi connectivity index (χ2n) is 3.25. The molecule has 0 saturated heterocycles. The first-order chi connectivity index (χ1) is 7.15. The first kappa shape index (κ1) is 9.79. The van der Waals surface area contributed by atoms with Gasteiger partial charge in [0.2, 0.25) is 5.88 Å². The maximum atomic E-state index is 9.44. The van der Waals surface area contributed by atoms with Crippen molar-refractivity contribution < 1.29 is 10.2 Å². The van der Waals surface area contributed by atoms with Crippen LogP contribution in [0, 0.1) is 4.77 Å². The number of phenols is 1. The summed E-state index contributed by atoms with van der Waals surface area (Å²) in [6, 6.07) is 6.79. The van der Waals surface area contributed by atoms with Gasteiger partial charge in [0.05, 0.1) is 5.69 Å². The van der Waals surface area contributed by atoms with Crippen LogP contribution in [0.1, 0.15) is 11.3 Å². The summed E-state index contributed by atoms with van der Waals surface area (Å²) in [5.74, 6) is 0.290. The lowest BCUT2D eigenvalue weighted by molar-refractivity contribution is 0.450. The molecule has 0 amide bonds. The molecular formula is C10H10N2O2S. The van der Waals surface area contributed by atoms with Crippen LogP contribution in [0.4, 0.5) is 0 Å². The Hall–Kier alpha value is -1.75. The van der Waals surface area contributed by atoms with Gasteiger partial charge in [-0.05, 0) is 29.9 Å². The Morgan fingerprint density at radius 3 is 2.27 bits per heavy atom. The largest absolute Gasteiger partial charge is 0.508 e. The van der Waals surface area contributed by atoms with Gasteiger partial charge in [0.25, 0.3) is 0 Å². The standard InChI is InChI=1S/C10H10N2O2S/c13-7-3-1-6(2-4-7)5-8-9(14)12-10(15)11-8/h1-4,13-14H,5H2,(H2,11,12,15). The number of rotatable bonds is 2. The minimum Gasteiger partial charge on any atom is -0.508 e. The predicted molar refractivity (Wildman–Crippen MR) is 58.6 cm³/mol. The summed E-state index contributed by atoms with van der Waals surface area (Å²) >= 11 is 4.85.